The Morgan fingerprint density at radius 1 is 1.25 bits per heavy atom. The molecule has 0 amide bonds. The van der Waals surface area contributed by atoms with E-state index in [0.717, 1.165) is 10.4 Å². The maximum atomic E-state index is 8.84. The number of rotatable bonds is 2. The first-order valence-corrected chi connectivity index (χ1v) is 6.89. The molecule has 98 valence electrons. The van der Waals surface area contributed by atoms with E-state index in [9.17, 15) is 0 Å². The van der Waals surface area contributed by atoms with Crippen molar-refractivity contribution in [2.75, 3.05) is 5.73 Å². The molecule has 20 heavy (non-hydrogen) atoms. The number of oxazole rings is 1. The van der Waals surface area contributed by atoms with Gasteiger partial charge in [0.2, 0.25) is 0 Å². The van der Waals surface area contributed by atoms with E-state index in [0.29, 0.717) is 27.1 Å². The van der Waals surface area contributed by atoms with Gasteiger partial charge in [-0.15, -0.1) is 0 Å². The van der Waals surface area contributed by atoms with Gasteiger partial charge in [0.25, 0.3) is 5.22 Å². The molecule has 3 rings (SSSR count). The van der Waals surface area contributed by atoms with Crippen LogP contribution < -0.4 is 5.73 Å². The van der Waals surface area contributed by atoms with Crippen LogP contribution in [0, 0.1) is 11.3 Å². The van der Waals surface area contributed by atoms with Crippen molar-refractivity contribution in [3.63, 3.8) is 0 Å². The van der Waals surface area contributed by atoms with E-state index in [4.69, 9.17) is 27.0 Å². The Morgan fingerprint density at radius 2 is 2.10 bits per heavy atom. The van der Waals surface area contributed by atoms with E-state index in [1.54, 1.807) is 30.3 Å². The van der Waals surface area contributed by atoms with Crippen LogP contribution in [0.3, 0.4) is 0 Å². The maximum Gasteiger partial charge on any atom is 0.261 e. The summed E-state index contributed by atoms with van der Waals surface area (Å²) in [6, 6.07) is 12.5. The number of anilines is 1. The molecule has 0 saturated heterocycles. The smallest absolute Gasteiger partial charge is 0.261 e. The third-order valence-corrected chi connectivity index (χ3v) is 3.81. The number of halogens is 1. The molecule has 0 aliphatic heterocycles. The fraction of sp³-hybridized carbons (Fsp3) is 0. The first-order valence-electron chi connectivity index (χ1n) is 5.69. The van der Waals surface area contributed by atoms with Gasteiger partial charge in [-0.2, -0.15) is 5.26 Å². The number of aromatic nitrogens is 1. The van der Waals surface area contributed by atoms with Crippen LogP contribution in [-0.2, 0) is 0 Å². The minimum atomic E-state index is 0.415. The normalized spacial score (nSPS) is 10.6. The SMILES string of the molecule is N#Cc1ccc(Sc2nc3ccc(N)cc3o2)cc1Cl. The monoisotopic (exact) mass is 301 g/mol. The fourth-order valence-corrected chi connectivity index (χ4v) is 2.79. The van der Waals surface area contributed by atoms with Gasteiger partial charge in [-0.25, -0.2) is 4.98 Å². The van der Waals surface area contributed by atoms with E-state index in [1.807, 2.05) is 12.1 Å². The summed E-state index contributed by atoms with van der Waals surface area (Å²) in [6.07, 6.45) is 0. The van der Waals surface area contributed by atoms with Crippen molar-refractivity contribution in [3.05, 3.63) is 47.0 Å². The van der Waals surface area contributed by atoms with Gasteiger partial charge >= 0.3 is 0 Å². The van der Waals surface area contributed by atoms with Gasteiger partial charge in [-0.1, -0.05) is 11.6 Å². The fourth-order valence-electron chi connectivity index (χ4n) is 1.71. The Morgan fingerprint density at radius 3 is 2.85 bits per heavy atom. The molecule has 2 N–H and O–H groups in total. The molecule has 0 fully saturated rings. The molecule has 1 heterocycles. The zero-order valence-electron chi connectivity index (χ0n) is 10.1. The molecule has 1 aromatic heterocycles. The largest absolute Gasteiger partial charge is 0.431 e. The van der Waals surface area contributed by atoms with E-state index < -0.39 is 0 Å². The third kappa shape index (κ3) is 2.44. The molecule has 0 bridgehead atoms. The Hall–Kier alpha value is -2.16. The van der Waals surface area contributed by atoms with Crippen molar-refractivity contribution < 1.29 is 4.42 Å². The Balaban J connectivity index is 1.93. The number of nitrogens with two attached hydrogens (primary N) is 1. The molecule has 0 atom stereocenters. The second-order valence-electron chi connectivity index (χ2n) is 4.06. The molecule has 0 aliphatic rings. The molecule has 0 aliphatic carbocycles. The highest BCUT2D eigenvalue weighted by Crippen LogP contribution is 2.32. The van der Waals surface area contributed by atoms with Crippen molar-refractivity contribution in [2.24, 2.45) is 0 Å². The van der Waals surface area contributed by atoms with Crippen LogP contribution in [-0.4, -0.2) is 4.98 Å². The summed E-state index contributed by atoms with van der Waals surface area (Å²) in [5, 5.41) is 9.76. The molecule has 2 aromatic carbocycles. The summed E-state index contributed by atoms with van der Waals surface area (Å²) in [7, 11) is 0. The number of hydrogen-bond acceptors (Lipinski definition) is 5. The van der Waals surface area contributed by atoms with Crippen molar-refractivity contribution in [1.29, 1.82) is 5.26 Å². The molecular formula is C14H8ClN3OS. The summed E-state index contributed by atoms with van der Waals surface area (Å²) in [6.45, 7) is 0. The summed E-state index contributed by atoms with van der Waals surface area (Å²) in [4.78, 5) is 5.21. The zero-order valence-corrected chi connectivity index (χ0v) is 11.7. The number of fused-ring (bicyclic) bond motifs is 1. The first kappa shape index (κ1) is 12.9. The number of nitrogen functional groups attached to an aromatic ring is 1. The van der Waals surface area contributed by atoms with Crippen LogP contribution in [0.1, 0.15) is 5.56 Å². The lowest BCUT2D eigenvalue weighted by Crippen LogP contribution is -1.81. The number of nitrogens with zero attached hydrogens (tertiary/aromatic N) is 2. The van der Waals surface area contributed by atoms with Crippen LogP contribution in [0.5, 0.6) is 0 Å². The molecular weight excluding hydrogens is 294 g/mol. The van der Waals surface area contributed by atoms with Crippen LogP contribution in [0.25, 0.3) is 11.1 Å². The minimum Gasteiger partial charge on any atom is -0.431 e. The van der Waals surface area contributed by atoms with Gasteiger partial charge in [0, 0.05) is 16.6 Å². The van der Waals surface area contributed by atoms with Gasteiger partial charge in [0.1, 0.15) is 11.6 Å². The Labute approximate surface area is 124 Å². The predicted molar refractivity (Wildman–Crippen MR) is 78.7 cm³/mol. The first-order chi connectivity index (χ1) is 9.65. The second-order valence-corrected chi connectivity index (χ2v) is 5.49. The lowest BCUT2D eigenvalue weighted by Gasteiger charge is -1.99. The van der Waals surface area contributed by atoms with Crippen LogP contribution in [0.15, 0.2) is 50.9 Å². The Kier molecular flexibility index (Phi) is 3.26. The predicted octanol–water partition coefficient (Wildman–Crippen LogP) is 4.09. The topological polar surface area (TPSA) is 75.8 Å². The summed E-state index contributed by atoms with van der Waals surface area (Å²) in [5.41, 5.74) is 8.17. The standard InChI is InChI=1S/C14H8ClN3OS/c15-11-6-10(3-1-8(11)7-16)20-14-18-12-4-2-9(17)5-13(12)19-14/h1-6H,17H2. The summed E-state index contributed by atoms with van der Waals surface area (Å²) < 4.78 is 5.61. The van der Waals surface area contributed by atoms with E-state index in [2.05, 4.69) is 4.98 Å². The van der Waals surface area contributed by atoms with E-state index in [1.165, 1.54) is 11.8 Å². The lowest BCUT2D eigenvalue weighted by atomic mass is 10.2. The van der Waals surface area contributed by atoms with Gasteiger partial charge in [-0.05, 0) is 42.1 Å². The van der Waals surface area contributed by atoms with Crippen molar-refractivity contribution >= 4 is 40.1 Å². The molecule has 4 nitrogen and oxygen atoms in total. The number of hydrogen-bond donors (Lipinski definition) is 1. The van der Waals surface area contributed by atoms with E-state index in [-0.39, 0.29) is 0 Å². The molecule has 0 saturated carbocycles. The van der Waals surface area contributed by atoms with E-state index >= 15 is 0 Å². The molecule has 0 unspecified atom stereocenters. The van der Waals surface area contributed by atoms with Crippen LogP contribution in [0.2, 0.25) is 5.02 Å². The van der Waals surface area contributed by atoms with Crippen molar-refractivity contribution in [2.45, 2.75) is 10.1 Å². The van der Waals surface area contributed by atoms with Gasteiger partial charge in [0.05, 0.1) is 10.6 Å². The summed E-state index contributed by atoms with van der Waals surface area (Å²) in [5.74, 6) is 0. The number of benzene rings is 2. The Bertz CT molecular complexity index is 838. The number of nitriles is 1. The highest BCUT2D eigenvalue weighted by molar-refractivity contribution is 7.99. The summed E-state index contributed by atoms with van der Waals surface area (Å²) >= 11 is 7.33. The van der Waals surface area contributed by atoms with Gasteiger partial charge in [-0.3, -0.25) is 0 Å². The molecule has 6 heteroatoms. The average Bonchev–Trinajstić information content (AvgIpc) is 2.80. The maximum absolute atomic E-state index is 8.84. The van der Waals surface area contributed by atoms with Crippen LogP contribution >= 0.6 is 23.4 Å². The third-order valence-electron chi connectivity index (χ3n) is 2.66. The van der Waals surface area contributed by atoms with Crippen molar-refractivity contribution in [3.8, 4) is 6.07 Å². The highest BCUT2D eigenvalue weighted by Gasteiger charge is 2.09. The van der Waals surface area contributed by atoms with Crippen LogP contribution in [0.4, 0.5) is 5.69 Å². The van der Waals surface area contributed by atoms with Gasteiger partial charge in [0.15, 0.2) is 5.58 Å². The second kappa shape index (κ2) is 5.08. The average molecular weight is 302 g/mol. The lowest BCUT2D eigenvalue weighted by molar-refractivity contribution is 0.489. The van der Waals surface area contributed by atoms with Crippen molar-refractivity contribution in [1.82, 2.24) is 4.98 Å². The molecule has 0 radical (unpaired) electrons. The highest BCUT2D eigenvalue weighted by atomic mass is 35.5. The molecule has 3 aromatic rings. The zero-order chi connectivity index (χ0) is 14.1. The quantitative estimate of drug-likeness (QED) is 0.722. The molecule has 0 spiro atoms. The minimum absolute atomic E-state index is 0.415. The van der Waals surface area contributed by atoms with Gasteiger partial charge < -0.3 is 10.2 Å².